The van der Waals surface area contributed by atoms with Crippen LogP contribution < -0.4 is 4.90 Å². The molecule has 0 bridgehead atoms. The van der Waals surface area contributed by atoms with Gasteiger partial charge < -0.3 is 9.84 Å². The molecule has 124 valence electrons. The lowest BCUT2D eigenvalue weighted by molar-refractivity contribution is -0.138. The fourth-order valence-corrected chi connectivity index (χ4v) is 2.68. The highest BCUT2D eigenvalue weighted by molar-refractivity contribution is 5.98. The van der Waals surface area contributed by atoms with E-state index in [0.717, 1.165) is 12.1 Å². The Morgan fingerprint density at radius 1 is 1.12 bits per heavy atom. The standard InChI is InChI=1S/C17H13F2NO4/c18-12-6-7-13(19)15-11(12)8-14(16(21)22)20(15)17(23)24-9-10-4-2-1-3-5-10/h1-7,14H,8-9H2,(H,21,22)/t14-/m1/s1. The number of amides is 1. The summed E-state index contributed by atoms with van der Waals surface area (Å²) in [5.41, 5.74) is 0.177. The van der Waals surface area contributed by atoms with Gasteiger partial charge in [0.1, 0.15) is 24.3 Å². The molecule has 2 aromatic carbocycles. The summed E-state index contributed by atoms with van der Waals surface area (Å²) in [6.07, 6.45) is -1.34. The number of fused-ring (bicyclic) bond motifs is 1. The van der Waals surface area contributed by atoms with E-state index in [0.29, 0.717) is 10.5 Å². The van der Waals surface area contributed by atoms with Crippen molar-refractivity contribution in [3.63, 3.8) is 0 Å². The van der Waals surface area contributed by atoms with Crippen molar-refractivity contribution in [2.75, 3.05) is 4.90 Å². The monoisotopic (exact) mass is 333 g/mol. The second-order valence-electron chi connectivity index (χ2n) is 5.32. The van der Waals surface area contributed by atoms with Crippen molar-refractivity contribution >= 4 is 17.7 Å². The van der Waals surface area contributed by atoms with E-state index in [-0.39, 0.29) is 24.3 Å². The van der Waals surface area contributed by atoms with Gasteiger partial charge >= 0.3 is 12.1 Å². The van der Waals surface area contributed by atoms with E-state index in [4.69, 9.17) is 4.74 Å². The first-order valence-electron chi connectivity index (χ1n) is 7.18. The zero-order valence-corrected chi connectivity index (χ0v) is 12.4. The number of anilines is 1. The van der Waals surface area contributed by atoms with Crippen molar-refractivity contribution in [1.82, 2.24) is 0 Å². The number of carbonyl (C=O) groups is 2. The van der Waals surface area contributed by atoms with Crippen molar-refractivity contribution in [3.05, 3.63) is 65.2 Å². The molecule has 0 saturated carbocycles. The molecule has 0 unspecified atom stereocenters. The van der Waals surface area contributed by atoms with E-state index in [1.165, 1.54) is 0 Å². The summed E-state index contributed by atoms with van der Waals surface area (Å²) in [6, 6.07) is 9.10. The molecular weight excluding hydrogens is 320 g/mol. The molecule has 7 heteroatoms. The number of rotatable bonds is 3. The number of benzene rings is 2. The molecule has 5 nitrogen and oxygen atoms in total. The van der Waals surface area contributed by atoms with Gasteiger partial charge in [-0.1, -0.05) is 30.3 Å². The maximum atomic E-state index is 14.1. The van der Waals surface area contributed by atoms with Crippen LogP contribution in [0.5, 0.6) is 0 Å². The van der Waals surface area contributed by atoms with E-state index < -0.39 is 29.7 Å². The number of aliphatic carboxylic acids is 1. The lowest BCUT2D eigenvalue weighted by atomic mass is 10.1. The average Bonchev–Trinajstić information content (AvgIpc) is 2.99. The number of ether oxygens (including phenoxy) is 1. The van der Waals surface area contributed by atoms with E-state index in [2.05, 4.69) is 0 Å². The molecule has 1 N–H and O–H groups in total. The molecule has 1 atom stereocenters. The molecule has 0 fully saturated rings. The Kier molecular flexibility index (Phi) is 4.16. The number of hydrogen-bond acceptors (Lipinski definition) is 3. The van der Waals surface area contributed by atoms with E-state index in [9.17, 15) is 23.5 Å². The number of nitrogens with zero attached hydrogens (tertiary/aromatic N) is 1. The van der Waals surface area contributed by atoms with Crippen LogP contribution in [0.1, 0.15) is 11.1 Å². The van der Waals surface area contributed by atoms with Gasteiger partial charge in [-0.2, -0.15) is 0 Å². The zero-order valence-electron chi connectivity index (χ0n) is 12.4. The maximum Gasteiger partial charge on any atom is 0.415 e. The number of hydrogen-bond donors (Lipinski definition) is 1. The Morgan fingerprint density at radius 2 is 1.79 bits per heavy atom. The van der Waals surface area contributed by atoms with Gasteiger partial charge in [-0.3, -0.25) is 4.90 Å². The van der Waals surface area contributed by atoms with Gasteiger partial charge in [-0.15, -0.1) is 0 Å². The lowest BCUT2D eigenvalue weighted by Gasteiger charge is -2.22. The minimum atomic E-state index is -1.41. The zero-order chi connectivity index (χ0) is 17.3. The molecule has 0 spiro atoms. The van der Waals surface area contributed by atoms with Crippen molar-refractivity contribution in [2.45, 2.75) is 19.1 Å². The van der Waals surface area contributed by atoms with E-state index in [1.807, 2.05) is 0 Å². The SMILES string of the molecule is O=C(O)[C@H]1Cc2c(F)ccc(F)c2N1C(=O)OCc1ccccc1. The molecule has 0 aromatic heterocycles. The third-order valence-electron chi connectivity index (χ3n) is 3.81. The van der Waals surface area contributed by atoms with Crippen LogP contribution in [0.4, 0.5) is 19.3 Å². The highest BCUT2D eigenvalue weighted by Crippen LogP contribution is 2.37. The number of carbonyl (C=O) groups excluding carboxylic acids is 1. The van der Waals surface area contributed by atoms with Crippen LogP contribution in [0.15, 0.2) is 42.5 Å². The highest BCUT2D eigenvalue weighted by atomic mass is 19.1. The van der Waals surface area contributed by atoms with Crippen LogP contribution in [-0.2, 0) is 22.6 Å². The quantitative estimate of drug-likeness (QED) is 0.937. The molecule has 2 aromatic rings. The minimum absolute atomic E-state index is 0.102. The largest absolute Gasteiger partial charge is 0.480 e. The fraction of sp³-hybridized carbons (Fsp3) is 0.176. The molecule has 3 rings (SSSR count). The van der Waals surface area contributed by atoms with Crippen molar-refractivity contribution in [2.24, 2.45) is 0 Å². The number of carboxylic acid groups (broad SMARTS) is 1. The number of carboxylic acids is 1. The second-order valence-corrected chi connectivity index (χ2v) is 5.32. The van der Waals surface area contributed by atoms with Crippen LogP contribution >= 0.6 is 0 Å². The molecular formula is C17H13F2NO4. The van der Waals surface area contributed by atoms with Crippen LogP contribution in [0.3, 0.4) is 0 Å². The van der Waals surface area contributed by atoms with E-state index in [1.54, 1.807) is 30.3 Å². The highest BCUT2D eigenvalue weighted by Gasteiger charge is 2.42. The summed E-state index contributed by atoms with van der Waals surface area (Å²) in [5.74, 6) is -2.98. The summed E-state index contributed by atoms with van der Waals surface area (Å²) in [5, 5.41) is 9.28. The van der Waals surface area contributed by atoms with Crippen LogP contribution in [0.25, 0.3) is 0 Å². The van der Waals surface area contributed by atoms with Crippen molar-refractivity contribution in [3.8, 4) is 0 Å². The summed E-state index contributed by atoms with van der Waals surface area (Å²) < 4.78 is 33.0. The normalized spacial score (nSPS) is 15.9. The van der Waals surface area contributed by atoms with Gasteiger partial charge in [0.05, 0.1) is 5.69 Å². The first-order chi connectivity index (χ1) is 11.5. The molecule has 1 heterocycles. The fourth-order valence-electron chi connectivity index (χ4n) is 2.68. The van der Waals surface area contributed by atoms with Gasteiger partial charge in [0.2, 0.25) is 0 Å². The first kappa shape index (κ1) is 15.9. The van der Waals surface area contributed by atoms with Crippen molar-refractivity contribution < 1.29 is 28.2 Å². The average molecular weight is 333 g/mol. The first-order valence-corrected chi connectivity index (χ1v) is 7.18. The van der Waals surface area contributed by atoms with Gasteiger partial charge in [-0.25, -0.2) is 18.4 Å². The number of halogens is 2. The topological polar surface area (TPSA) is 66.8 Å². The minimum Gasteiger partial charge on any atom is -0.480 e. The molecule has 24 heavy (non-hydrogen) atoms. The Labute approximate surface area is 136 Å². The molecule has 1 amide bonds. The second kappa shape index (κ2) is 6.27. The molecule has 0 saturated heterocycles. The predicted molar refractivity (Wildman–Crippen MR) is 80.6 cm³/mol. The van der Waals surface area contributed by atoms with Gasteiger partial charge in [0, 0.05) is 12.0 Å². The Bertz CT molecular complexity index is 795. The smallest absolute Gasteiger partial charge is 0.415 e. The summed E-state index contributed by atoms with van der Waals surface area (Å²) in [6.45, 7) is -0.102. The van der Waals surface area contributed by atoms with Gasteiger partial charge in [-0.05, 0) is 17.7 Å². The summed E-state index contributed by atoms with van der Waals surface area (Å²) in [7, 11) is 0. The molecule has 0 radical (unpaired) electrons. The third-order valence-corrected chi connectivity index (χ3v) is 3.81. The van der Waals surface area contributed by atoms with E-state index >= 15 is 0 Å². The third kappa shape index (κ3) is 2.80. The predicted octanol–water partition coefficient (Wildman–Crippen LogP) is 3.12. The molecule has 0 aliphatic carbocycles. The maximum absolute atomic E-state index is 14.1. The summed E-state index contributed by atoms with van der Waals surface area (Å²) >= 11 is 0. The van der Waals surface area contributed by atoms with Gasteiger partial charge in [0.25, 0.3) is 0 Å². The van der Waals surface area contributed by atoms with Crippen LogP contribution in [0.2, 0.25) is 0 Å². The molecule has 1 aliphatic heterocycles. The molecule has 1 aliphatic rings. The Hall–Kier alpha value is -2.96. The van der Waals surface area contributed by atoms with Crippen molar-refractivity contribution in [1.29, 1.82) is 0 Å². The Balaban J connectivity index is 1.88. The Morgan fingerprint density at radius 3 is 2.46 bits per heavy atom. The summed E-state index contributed by atoms with van der Waals surface area (Å²) in [4.78, 5) is 24.4. The van der Waals surface area contributed by atoms with Crippen LogP contribution in [0, 0.1) is 11.6 Å². The lowest BCUT2D eigenvalue weighted by Crippen LogP contribution is -2.43. The van der Waals surface area contributed by atoms with Gasteiger partial charge in [0.15, 0.2) is 0 Å². The van der Waals surface area contributed by atoms with Crippen LogP contribution in [-0.4, -0.2) is 23.2 Å².